The SMILES string of the molecule is CN(C(=O)C[C@H](CSc1ccccc1)Nc1ccc(S(=O)(=O)Nc2ncnc3cc(N4CCN(Cc5ccccc5-c5ccc(Cl)cc5)CC4)ccc23)cc1[N+](=O)[O-])C(C)(C)C. The molecule has 62 heavy (non-hydrogen) atoms. The van der Waals surface area contributed by atoms with Gasteiger partial charge in [-0.25, -0.2) is 18.4 Å². The van der Waals surface area contributed by atoms with Crippen LogP contribution in [-0.2, 0) is 21.4 Å². The molecule has 13 nitrogen and oxygen atoms in total. The van der Waals surface area contributed by atoms with Gasteiger partial charge in [0.25, 0.3) is 15.7 Å². The second-order valence-electron chi connectivity index (χ2n) is 16.2. The van der Waals surface area contributed by atoms with E-state index >= 15 is 0 Å². The molecule has 2 heterocycles. The number of nitrogens with one attached hydrogen (secondary N) is 2. The smallest absolute Gasteiger partial charge is 0.293 e. The van der Waals surface area contributed by atoms with Gasteiger partial charge in [-0.2, -0.15) is 0 Å². The maximum atomic E-state index is 13.8. The number of thioether (sulfide) groups is 1. The molecule has 1 atom stereocenters. The van der Waals surface area contributed by atoms with E-state index in [1.165, 1.54) is 41.3 Å². The number of carbonyl (C=O) groups is 1. The van der Waals surface area contributed by atoms with Gasteiger partial charge in [-0.3, -0.25) is 24.5 Å². The van der Waals surface area contributed by atoms with E-state index in [0.717, 1.165) is 54.9 Å². The summed E-state index contributed by atoms with van der Waals surface area (Å²) in [5, 5.41) is 16.8. The lowest BCUT2D eigenvalue weighted by Gasteiger charge is -2.36. The number of nitrogens with zero attached hydrogens (tertiary/aromatic N) is 6. The van der Waals surface area contributed by atoms with Gasteiger partial charge in [0.1, 0.15) is 12.0 Å². The molecule has 0 unspecified atom stereocenters. The normalized spacial score (nSPS) is 14.0. The zero-order valence-corrected chi connectivity index (χ0v) is 37.4. The van der Waals surface area contributed by atoms with E-state index in [1.807, 2.05) is 87.5 Å². The van der Waals surface area contributed by atoms with Crippen molar-refractivity contribution in [1.29, 1.82) is 0 Å². The minimum absolute atomic E-state index is 0.0510. The molecule has 0 spiro atoms. The van der Waals surface area contributed by atoms with Gasteiger partial charge in [-0.15, -0.1) is 11.8 Å². The van der Waals surface area contributed by atoms with Gasteiger partial charge in [-0.05, 0) is 92.1 Å². The Bertz CT molecular complexity index is 2660. The first-order chi connectivity index (χ1) is 29.6. The van der Waals surface area contributed by atoms with Crippen LogP contribution in [0.1, 0.15) is 32.8 Å². The van der Waals surface area contributed by atoms with Crippen molar-refractivity contribution in [3.05, 3.63) is 142 Å². The van der Waals surface area contributed by atoms with Crippen molar-refractivity contribution >= 4 is 73.1 Å². The Morgan fingerprint density at radius 2 is 1.63 bits per heavy atom. The predicted molar refractivity (Wildman–Crippen MR) is 250 cm³/mol. The van der Waals surface area contributed by atoms with Gasteiger partial charge in [0.15, 0.2) is 5.82 Å². The summed E-state index contributed by atoms with van der Waals surface area (Å²) in [7, 11) is -2.61. The molecule has 1 aliphatic rings. The minimum Gasteiger partial charge on any atom is -0.375 e. The standard InChI is InChI=1S/C46H49ClN8O5S2/c1-46(2,3)52(4)44(56)26-35(30-61-37-11-6-5-7-12-37)50-41-21-19-38(28-43(41)55(57)58)62(59,60)51-45-40-20-18-36(27-42(40)48-31-49-45)54-24-22-53(23-25-54)29-33-10-8-9-13-39(33)32-14-16-34(47)17-15-32/h5-21,27-28,31,35,50H,22-26,29-30H2,1-4H3,(H,48,49,51)/t35-/m1/s1. The third-order valence-electron chi connectivity index (χ3n) is 11.0. The molecule has 16 heteroatoms. The van der Waals surface area contributed by atoms with Gasteiger partial charge in [0.2, 0.25) is 5.91 Å². The molecule has 322 valence electrons. The van der Waals surface area contributed by atoms with Crippen LogP contribution in [0.4, 0.5) is 22.9 Å². The van der Waals surface area contributed by atoms with Gasteiger partial charge in [-0.1, -0.05) is 66.2 Å². The number of hydrogen-bond donors (Lipinski definition) is 2. The van der Waals surface area contributed by atoms with Crippen LogP contribution in [0.15, 0.2) is 131 Å². The van der Waals surface area contributed by atoms with E-state index in [0.29, 0.717) is 21.7 Å². The van der Waals surface area contributed by atoms with Crippen LogP contribution in [-0.4, -0.2) is 89.6 Å². The lowest BCUT2D eigenvalue weighted by molar-refractivity contribution is -0.384. The molecule has 0 saturated carbocycles. The molecule has 5 aromatic carbocycles. The van der Waals surface area contributed by atoms with Gasteiger partial charge in [0.05, 0.1) is 15.3 Å². The van der Waals surface area contributed by atoms with E-state index in [2.05, 4.69) is 54.1 Å². The fraction of sp³-hybridized carbons (Fsp3) is 0.283. The van der Waals surface area contributed by atoms with Gasteiger partial charge < -0.3 is 15.1 Å². The number of amides is 1. The Kier molecular flexibility index (Phi) is 13.7. The number of sulfonamides is 1. The van der Waals surface area contributed by atoms with Crippen LogP contribution in [0.2, 0.25) is 5.02 Å². The average Bonchev–Trinajstić information content (AvgIpc) is 3.26. The highest BCUT2D eigenvalue weighted by Gasteiger charge is 2.28. The highest BCUT2D eigenvalue weighted by Crippen LogP contribution is 2.33. The number of benzene rings is 5. The molecule has 0 radical (unpaired) electrons. The first-order valence-electron chi connectivity index (χ1n) is 20.2. The lowest BCUT2D eigenvalue weighted by Crippen LogP contribution is -2.46. The first-order valence-corrected chi connectivity index (χ1v) is 23.1. The number of nitro groups is 1. The van der Waals surface area contributed by atoms with E-state index < -0.39 is 32.2 Å². The van der Waals surface area contributed by atoms with Crippen molar-refractivity contribution in [2.24, 2.45) is 0 Å². The molecule has 1 fully saturated rings. The van der Waals surface area contributed by atoms with E-state index in [-0.39, 0.29) is 28.7 Å². The first kappa shape index (κ1) is 44.3. The monoisotopic (exact) mass is 892 g/mol. The fourth-order valence-corrected chi connectivity index (χ4v) is 9.36. The molecule has 1 saturated heterocycles. The molecule has 1 amide bonds. The average molecular weight is 894 g/mol. The summed E-state index contributed by atoms with van der Waals surface area (Å²) in [6.45, 7) is 9.89. The maximum absolute atomic E-state index is 13.8. The summed E-state index contributed by atoms with van der Waals surface area (Å²) in [4.78, 5) is 40.9. The van der Waals surface area contributed by atoms with E-state index in [4.69, 9.17) is 11.6 Å². The Balaban J connectivity index is 1.04. The fourth-order valence-electron chi connectivity index (χ4n) is 7.24. The predicted octanol–water partition coefficient (Wildman–Crippen LogP) is 9.20. The molecule has 1 aliphatic heterocycles. The number of rotatable bonds is 15. The number of carbonyl (C=O) groups excluding carboxylic acids is 1. The van der Waals surface area contributed by atoms with Crippen LogP contribution in [0.3, 0.4) is 0 Å². The van der Waals surface area contributed by atoms with Crippen molar-refractivity contribution in [2.75, 3.05) is 53.9 Å². The number of anilines is 3. The van der Waals surface area contributed by atoms with Gasteiger partial charge >= 0.3 is 0 Å². The molecule has 1 aromatic heterocycles. The molecule has 6 aromatic rings. The molecule has 2 N–H and O–H groups in total. The highest BCUT2D eigenvalue weighted by atomic mass is 35.5. The van der Waals surface area contributed by atoms with E-state index in [9.17, 15) is 23.3 Å². The number of hydrogen-bond acceptors (Lipinski definition) is 11. The lowest BCUT2D eigenvalue weighted by atomic mass is 9.99. The molecule has 0 aliphatic carbocycles. The second-order valence-corrected chi connectivity index (χ2v) is 19.4. The van der Waals surface area contributed by atoms with Crippen molar-refractivity contribution in [1.82, 2.24) is 19.8 Å². The Labute approximate surface area is 371 Å². The zero-order chi connectivity index (χ0) is 44.0. The summed E-state index contributed by atoms with van der Waals surface area (Å²) in [6, 6.07) is 34.8. The van der Waals surface area contributed by atoms with Crippen molar-refractivity contribution in [3.8, 4) is 11.1 Å². The number of halogens is 1. The Morgan fingerprint density at radius 1 is 0.919 bits per heavy atom. The molecule has 0 bridgehead atoms. The van der Waals surface area contributed by atoms with Crippen molar-refractivity contribution in [3.63, 3.8) is 0 Å². The van der Waals surface area contributed by atoms with Crippen LogP contribution >= 0.6 is 23.4 Å². The number of aromatic nitrogens is 2. The summed E-state index contributed by atoms with van der Waals surface area (Å²) < 4.78 is 30.2. The third kappa shape index (κ3) is 10.8. The van der Waals surface area contributed by atoms with Crippen molar-refractivity contribution < 1.29 is 18.1 Å². The minimum atomic E-state index is -4.34. The van der Waals surface area contributed by atoms with Crippen LogP contribution in [0.25, 0.3) is 22.0 Å². The van der Waals surface area contributed by atoms with Crippen molar-refractivity contribution in [2.45, 2.75) is 55.1 Å². The zero-order valence-electron chi connectivity index (χ0n) is 35.0. The summed E-state index contributed by atoms with van der Waals surface area (Å²) in [5.41, 5.74) is 4.30. The maximum Gasteiger partial charge on any atom is 0.293 e. The quantitative estimate of drug-likeness (QED) is 0.0576. The summed E-state index contributed by atoms with van der Waals surface area (Å²) in [6.07, 6.45) is 1.35. The summed E-state index contributed by atoms with van der Waals surface area (Å²) >= 11 is 7.66. The van der Waals surface area contributed by atoms with E-state index in [1.54, 1.807) is 18.0 Å². The topological polar surface area (TPSA) is 154 Å². The largest absolute Gasteiger partial charge is 0.375 e. The van der Waals surface area contributed by atoms with Crippen LogP contribution in [0.5, 0.6) is 0 Å². The second kappa shape index (κ2) is 19.1. The third-order valence-corrected chi connectivity index (χ3v) is 13.7. The van der Waals surface area contributed by atoms with Crippen LogP contribution in [0, 0.1) is 10.1 Å². The Morgan fingerprint density at radius 3 is 2.34 bits per heavy atom. The highest BCUT2D eigenvalue weighted by molar-refractivity contribution is 7.99. The molecular formula is C46H49ClN8O5S2. The van der Waals surface area contributed by atoms with Gasteiger partial charge in [0, 0.05) is 90.6 Å². The number of piperazine rings is 1. The Hall–Kier alpha value is -5.74. The number of nitro benzene ring substituents is 1. The number of fused-ring (bicyclic) bond motifs is 1. The molecule has 7 rings (SSSR count). The molecular weight excluding hydrogens is 844 g/mol. The van der Waals surface area contributed by atoms with Crippen LogP contribution < -0.4 is 14.9 Å². The summed E-state index contributed by atoms with van der Waals surface area (Å²) in [5.74, 6) is 0.339.